The van der Waals surface area contributed by atoms with Gasteiger partial charge in [-0.15, -0.1) is 0 Å². The van der Waals surface area contributed by atoms with Gasteiger partial charge >= 0.3 is 0 Å². The van der Waals surface area contributed by atoms with E-state index in [1.807, 2.05) is 36.4 Å². The molecule has 0 saturated heterocycles. The normalized spacial score (nSPS) is 11.9. The summed E-state index contributed by atoms with van der Waals surface area (Å²) in [5, 5.41) is 11.6. The average molecular weight is 791 g/mol. The molecule has 13 aromatic rings. The predicted octanol–water partition coefficient (Wildman–Crippen LogP) is 15.0. The second-order valence-corrected chi connectivity index (χ2v) is 16.0. The van der Waals surface area contributed by atoms with Gasteiger partial charge in [-0.05, 0) is 81.2 Å². The number of furan rings is 1. The largest absolute Gasteiger partial charge is 0.455 e. The Hall–Kier alpha value is -8.41. The number of hydrogen-bond acceptors (Lipinski definition) is 4. The van der Waals surface area contributed by atoms with Crippen LogP contribution in [0.15, 0.2) is 211 Å². The zero-order valence-electron chi connectivity index (χ0n) is 33.3. The van der Waals surface area contributed by atoms with Crippen LogP contribution in [0.25, 0.3) is 127 Å². The molecule has 0 aliphatic heterocycles. The van der Waals surface area contributed by atoms with E-state index in [1.54, 1.807) is 0 Å². The first-order valence-electron chi connectivity index (χ1n) is 20.9. The van der Waals surface area contributed by atoms with E-state index in [2.05, 4.69) is 174 Å². The maximum Gasteiger partial charge on any atom is 0.164 e. The summed E-state index contributed by atoms with van der Waals surface area (Å²) >= 11 is 0. The first-order chi connectivity index (χ1) is 30.7. The molecule has 0 spiro atoms. The Morgan fingerprint density at radius 3 is 1.45 bits per heavy atom. The molecule has 0 fully saturated rings. The quantitative estimate of drug-likeness (QED) is 0.174. The van der Waals surface area contributed by atoms with Crippen molar-refractivity contribution in [2.24, 2.45) is 0 Å². The minimum absolute atomic E-state index is 0.580. The highest BCUT2D eigenvalue weighted by atomic mass is 16.3. The molecule has 3 heterocycles. The van der Waals surface area contributed by atoms with E-state index >= 15 is 0 Å². The monoisotopic (exact) mass is 790 g/mol. The Bertz CT molecular complexity index is 3830. The first-order valence-corrected chi connectivity index (χ1v) is 20.9. The topological polar surface area (TPSA) is 56.7 Å². The SMILES string of the molecule is c1ccc(-c2cccc(-c3nc(-c4ccccc4)nc(-c4ccc5c(c4)oc4c6ccccc6c(-n6c7cc8ccccc8cc7c7cc8ccccc8cc76)cc54)n3)c2)cc1. The molecule has 0 radical (unpaired) electrons. The molecule has 5 nitrogen and oxygen atoms in total. The molecule has 0 aliphatic carbocycles. The molecule has 0 unspecified atom stereocenters. The number of fused-ring (bicyclic) bond motifs is 10. The van der Waals surface area contributed by atoms with E-state index in [-0.39, 0.29) is 0 Å². The average Bonchev–Trinajstić information content (AvgIpc) is 3.86. The van der Waals surface area contributed by atoms with E-state index in [1.165, 1.54) is 43.4 Å². The second kappa shape index (κ2) is 13.6. The van der Waals surface area contributed by atoms with E-state index in [0.29, 0.717) is 17.5 Å². The fourth-order valence-corrected chi connectivity index (χ4v) is 9.37. The van der Waals surface area contributed by atoms with E-state index in [4.69, 9.17) is 19.4 Å². The summed E-state index contributed by atoms with van der Waals surface area (Å²) in [6.07, 6.45) is 0. The highest BCUT2D eigenvalue weighted by Crippen LogP contribution is 2.43. The molecule has 5 heteroatoms. The Balaban J connectivity index is 1.02. The third kappa shape index (κ3) is 5.45. The summed E-state index contributed by atoms with van der Waals surface area (Å²) in [6, 6.07) is 72.8. The van der Waals surface area contributed by atoms with Crippen molar-refractivity contribution in [2.45, 2.75) is 0 Å². The maximum atomic E-state index is 6.90. The standard InChI is InChI=1S/C57H34N4O/c1-3-14-35(15-4-1)37-22-13-23-42(28-37)56-58-55(36-16-5-2-6-17-36)59-57(60-56)43-26-27-45-49-34-52(44-24-11-12-25-46(44)54(49)62-53(45)33-43)61-50-31-40-20-9-7-18-38(40)29-47(50)48-30-39-19-8-10-21-41(39)32-51(48)61/h1-34H. The van der Waals surface area contributed by atoms with Gasteiger partial charge in [-0.3, -0.25) is 0 Å². The van der Waals surface area contributed by atoms with Gasteiger partial charge in [0.15, 0.2) is 17.5 Å². The second-order valence-electron chi connectivity index (χ2n) is 16.0. The van der Waals surface area contributed by atoms with Crippen LogP contribution < -0.4 is 0 Å². The molecule has 0 N–H and O–H groups in total. The molecule has 3 aromatic heterocycles. The van der Waals surface area contributed by atoms with Crippen LogP contribution in [0.2, 0.25) is 0 Å². The number of hydrogen-bond donors (Lipinski definition) is 0. The first kappa shape index (κ1) is 34.5. The molecule has 13 rings (SSSR count). The molecule has 0 amide bonds. The maximum absolute atomic E-state index is 6.90. The van der Waals surface area contributed by atoms with Gasteiger partial charge in [-0.25, -0.2) is 15.0 Å². The third-order valence-corrected chi connectivity index (χ3v) is 12.4. The van der Waals surface area contributed by atoms with Gasteiger partial charge in [0.1, 0.15) is 11.2 Å². The number of nitrogens with zero attached hydrogens (tertiary/aromatic N) is 4. The summed E-state index contributed by atoms with van der Waals surface area (Å²) in [5.74, 6) is 1.80. The van der Waals surface area contributed by atoms with Gasteiger partial charge in [0, 0.05) is 49.0 Å². The van der Waals surface area contributed by atoms with E-state index in [0.717, 1.165) is 66.2 Å². The highest BCUT2D eigenvalue weighted by Gasteiger charge is 2.21. The Labute approximate surface area is 355 Å². The van der Waals surface area contributed by atoms with Crippen LogP contribution in [0.3, 0.4) is 0 Å². The number of benzene rings is 10. The molecule has 10 aromatic carbocycles. The van der Waals surface area contributed by atoms with Crippen LogP contribution in [-0.2, 0) is 0 Å². The van der Waals surface area contributed by atoms with E-state index < -0.39 is 0 Å². The zero-order valence-corrected chi connectivity index (χ0v) is 33.3. The van der Waals surface area contributed by atoms with Crippen LogP contribution in [0.4, 0.5) is 0 Å². The minimum Gasteiger partial charge on any atom is -0.455 e. The van der Waals surface area contributed by atoms with Crippen LogP contribution in [0, 0.1) is 0 Å². The minimum atomic E-state index is 0.580. The van der Waals surface area contributed by atoms with Crippen LogP contribution in [0.5, 0.6) is 0 Å². The van der Waals surface area contributed by atoms with Crippen molar-refractivity contribution in [1.82, 2.24) is 19.5 Å². The fraction of sp³-hybridized carbons (Fsp3) is 0. The Morgan fingerprint density at radius 2 is 0.806 bits per heavy atom. The summed E-state index contributed by atoms with van der Waals surface area (Å²) in [4.78, 5) is 15.2. The van der Waals surface area contributed by atoms with Gasteiger partial charge in [0.05, 0.1) is 16.7 Å². The van der Waals surface area contributed by atoms with Crippen molar-refractivity contribution in [2.75, 3.05) is 0 Å². The summed E-state index contributed by atoms with van der Waals surface area (Å²) < 4.78 is 9.37. The Kier molecular flexibility index (Phi) is 7.54. The molecular weight excluding hydrogens is 757 g/mol. The van der Waals surface area contributed by atoms with Crippen molar-refractivity contribution < 1.29 is 4.42 Å². The predicted molar refractivity (Wildman–Crippen MR) is 256 cm³/mol. The lowest BCUT2D eigenvalue weighted by molar-refractivity contribution is 0.672. The third-order valence-electron chi connectivity index (χ3n) is 12.4. The summed E-state index contributed by atoms with van der Waals surface area (Å²) in [7, 11) is 0. The smallest absolute Gasteiger partial charge is 0.164 e. The van der Waals surface area contributed by atoms with Gasteiger partial charge in [-0.2, -0.15) is 0 Å². The zero-order chi connectivity index (χ0) is 40.7. The van der Waals surface area contributed by atoms with Gasteiger partial charge in [0.2, 0.25) is 0 Å². The van der Waals surface area contributed by atoms with Crippen molar-refractivity contribution >= 4 is 76.1 Å². The van der Waals surface area contributed by atoms with Crippen molar-refractivity contribution in [1.29, 1.82) is 0 Å². The number of aromatic nitrogens is 4. The van der Waals surface area contributed by atoms with Crippen LogP contribution in [-0.4, -0.2) is 19.5 Å². The van der Waals surface area contributed by atoms with Crippen molar-refractivity contribution in [3.8, 4) is 51.0 Å². The molecule has 288 valence electrons. The lowest BCUT2D eigenvalue weighted by Gasteiger charge is -2.13. The molecule has 0 atom stereocenters. The molecule has 0 bridgehead atoms. The molecule has 62 heavy (non-hydrogen) atoms. The summed E-state index contributed by atoms with van der Waals surface area (Å²) in [6.45, 7) is 0. The molecule has 0 saturated carbocycles. The van der Waals surface area contributed by atoms with Gasteiger partial charge in [-0.1, -0.05) is 158 Å². The lowest BCUT2D eigenvalue weighted by Crippen LogP contribution is -2.00. The fourth-order valence-electron chi connectivity index (χ4n) is 9.37. The van der Waals surface area contributed by atoms with Gasteiger partial charge in [0.25, 0.3) is 0 Å². The van der Waals surface area contributed by atoms with Crippen LogP contribution >= 0.6 is 0 Å². The summed E-state index contributed by atoms with van der Waals surface area (Å²) in [5.41, 5.74) is 10.0. The molecule has 0 aliphatic rings. The van der Waals surface area contributed by atoms with Crippen molar-refractivity contribution in [3.05, 3.63) is 206 Å². The highest BCUT2D eigenvalue weighted by molar-refractivity contribution is 6.21. The van der Waals surface area contributed by atoms with Crippen LogP contribution in [0.1, 0.15) is 0 Å². The molecular formula is C57H34N4O. The Morgan fingerprint density at radius 1 is 0.306 bits per heavy atom. The van der Waals surface area contributed by atoms with E-state index in [9.17, 15) is 0 Å². The van der Waals surface area contributed by atoms with Crippen molar-refractivity contribution in [3.63, 3.8) is 0 Å². The number of rotatable bonds is 5. The van der Waals surface area contributed by atoms with Gasteiger partial charge < -0.3 is 8.98 Å². The lowest BCUT2D eigenvalue weighted by atomic mass is 10.0.